The summed E-state index contributed by atoms with van der Waals surface area (Å²) in [6.07, 6.45) is 22.4. The van der Waals surface area contributed by atoms with Crippen molar-refractivity contribution in [2.75, 3.05) is 13.2 Å². The fraction of sp³-hybridized carbons (Fsp3) is 0.762. The van der Waals surface area contributed by atoms with Crippen molar-refractivity contribution in [1.29, 1.82) is 0 Å². The molecule has 0 unspecified atom stereocenters. The summed E-state index contributed by atoms with van der Waals surface area (Å²) < 4.78 is 8.09. The number of hydrogen-bond acceptors (Lipinski definition) is 5. The van der Waals surface area contributed by atoms with Gasteiger partial charge in [-0.05, 0) is 136 Å². The summed E-state index contributed by atoms with van der Waals surface area (Å²) in [7, 11) is 0. The van der Waals surface area contributed by atoms with Gasteiger partial charge in [-0.2, -0.15) is 0 Å². The van der Waals surface area contributed by atoms with E-state index in [-0.39, 0.29) is 42.5 Å². The minimum Gasteiger partial charge on any atom is -0.508 e. The van der Waals surface area contributed by atoms with Crippen LogP contribution < -0.4 is 5.73 Å². The van der Waals surface area contributed by atoms with Gasteiger partial charge in [0.15, 0.2) is 0 Å². The van der Waals surface area contributed by atoms with Gasteiger partial charge in [-0.15, -0.1) is 0 Å². The number of nitrogens with two attached hydrogens (primary N) is 1. The zero-order valence-corrected chi connectivity index (χ0v) is 28.5. The molecule has 7 aliphatic carbocycles. The van der Waals surface area contributed by atoms with Crippen molar-refractivity contribution in [2.45, 2.75) is 132 Å². The molecule has 5 heteroatoms. The molecule has 9 aliphatic rings. The van der Waals surface area contributed by atoms with Crippen molar-refractivity contribution in [3.8, 4) is 17.6 Å². The molecule has 0 radical (unpaired) electrons. The van der Waals surface area contributed by atoms with Gasteiger partial charge >= 0.3 is 0 Å². The SMILES string of the molecule is C[C@]1([C@H]2CCC[C@H](CCO)C2)O[C@@]23C[C@@H]4CC[C@@H](CO)[C@](N)([C@@H]2C#C[C@@H]2C=C[C@H](c5ccc(O)cc52)[C@@H]2C[C@@H]3CC3(CCCC3)C2)[C@@H]41. The third-order valence-corrected chi connectivity index (χ3v) is 16.0. The predicted molar refractivity (Wildman–Crippen MR) is 183 cm³/mol. The molecule has 0 amide bonds. The summed E-state index contributed by atoms with van der Waals surface area (Å²) in [5, 5.41) is 31.7. The molecule has 2 heterocycles. The second kappa shape index (κ2) is 11.1. The number of phenols is 1. The summed E-state index contributed by atoms with van der Waals surface area (Å²) in [5.74, 6) is 10.7. The first kappa shape index (κ1) is 31.2. The molecular formula is C42H57NO4. The lowest BCUT2D eigenvalue weighted by Gasteiger charge is -2.75. The monoisotopic (exact) mass is 639 g/mol. The lowest BCUT2D eigenvalue weighted by atomic mass is 9.38. The normalized spacial score (nSPS) is 48.7. The Hall–Kier alpha value is -1.84. The number of hydrogen-bond donors (Lipinski definition) is 4. The van der Waals surface area contributed by atoms with Crippen molar-refractivity contribution in [3.05, 3.63) is 41.5 Å². The number of allylic oxidation sites excluding steroid dienone is 2. The minimum absolute atomic E-state index is 0.0101. The maximum absolute atomic E-state index is 11.1. The highest BCUT2D eigenvalue weighted by Gasteiger charge is 2.76. The van der Waals surface area contributed by atoms with Crippen LogP contribution in [0.1, 0.15) is 126 Å². The van der Waals surface area contributed by atoms with Gasteiger partial charge in [0.2, 0.25) is 0 Å². The van der Waals surface area contributed by atoms with Gasteiger partial charge < -0.3 is 25.8 Å². The summed E-state index contributed by atoms with van der Waals surface area (Å²) in [6.45, 7) is 2.82. The number of rotatable bonds is 4. The van der Waals surface area contributed by atoms with Crippen LogP contribution in [0.5, 0.6) is 5.75 Å². The Bertz CT molecular complexity index is 1480. The Labute approximate surface area is 282 Å². The Morgan fingerprint density at radius 2 is 1.74 bits per heavy atom. The molecule has 5 nitrogen and oxygen atoms in total. The van der Waals surface area contributed by atoms with Gasteiger partial charge in [-0.3, -0.25) is 0 Å². The van der Waals surface area contributed by atoms with Crippen LogP contribution in [0, 0.1) is 64.6 Å². The molecule has 2 aliphatic heterocycles. The van der Waals surface area contributed by atoms with Crippen LogP contribution in [0.4, 0.5) is 0 Å². The number of aliphatic hydroxyl groups is 2. The number of aliphatic hydroxyl groups excluding tert-OH is 2. The van der Waals surface area contributed by atoms with Gasteiger partial charge in [0.1, 0.15) is 5.75 Å². The number of phenolic OH excluding ortho intramolecular Hbond substituents is 1. The summed E-state index contributed by atoms with van der Waals surface area (Å²) >= 11 is 0. The van der Waals surface area contributed by atoms with Crippen molar-refractivity contribution in [2.24, 2.45) is 58.5 Å². The Morgan fingerprint density at radius 3 is 2.55 bits per heavy atom. The van der Waals surface area contributed by atoms with Crippen LogP contribution in [-0.4, -0.2) is 45.3 Å². The van der Waals surface area contributed by atoms with Crippen LogP contribution in [0.15, 0.2) is 30.4 Å². The van der Waals surface area contributed by atoms with E-state index >= 15 is 0 Å². The molecule has 13 atom stereocenters. The van der Waals surface area contributed by atoms with Gasteiger partial charge in [-0.25, -0.2) is 0 Å². The predicted octanol–water partition coefficient (Wildman–Crippen LogP) is 7.19. The third-order valence-electron chi connectivity index (χ3n) is 16.0. The molecule has 0 aromatic heterocycles. The molecule has 1 aromatic rings. The fourth-order valence-corrected chi connectivity index (χ4v) is 14.4. The number of aromatic hydroxyl groups is 1. The molecule has 5 N–H and O–H groups in total. The maximum atomic E-state index is 11.1. The average molecular weight is 640 g/mol. The zero-order valence-electron chi connectivity index (χ0n) is 28.5. The van der Waals surface area contributed by atoms with E-state index in [0.29, 0.717) is 46.7 Å². The maximum Gasteiger partial charge on any atom is 0.115 e. The number of benzene rings is 1. The quantitative estimate of drug-likeness (QED) is 0.207. The van der Waals surface area contributed by atoms with Crippen molar-refractivity contribution in [1.82, 2.24) is 0 Å². The van der Waals surface area contributed by atoms with Crippen LogP contribution in [0.2, 0.25) is 0 Å². The molecule has 2 spiro atoms. The molecule has 254 valence electrons. The van der Waals surface area contributed by atoms with Gasteiger partial charge in [0, 0.05) is 36.5 Å². The van der Waals surface area contributed by atoms with Crippen molar-refractivity contribution < 1.29 is 20.1 Å². The molecule has 2 saturated heterocycles. The van der Waals surface area contributed by atoms with Crippen LogP contribution in [0.3, 0.4) is 0 Å². The fourth-order valence-electron chi connectivity index (χ4n) is 14.4. The van der Waals surface area contributed by atoms with Crippen molar-refractivity contribution >= 4 is 0 Å². The Balaban J connectivity index is 1.25. The van der Waals surface area contributed by atoms with Crippen LogP contribution >= 0.6 is 0 Å². The number of ether oxygens (including phenoxy) is 1. The average Bonchev–Trinajstić information content (AvgIpc) is 3.50. The highest BCUT2D eigenvalue weighted by atomic mass is 16.5. The topological polar surface area (TPSA) is 95.9 Å². The van der Waals surface area contributed by atoms with Gasteiger partial charge in [0.05, 0.1) is 23.0 Å². The highest BCUT2D eigenvalue weighted by Crippen LogP contribution is 2.72. The van der Waals surface area contributed by atoms with E-state index in [1.807, 2.05) is 12.1 Å². The van der Waals surface area contributed by atoms with Gasteiger partial charge in [0.25, 0.3) is 0 Å². The van der Waals surface area contributed by atoms with Gasteiger partial charge in [-0.1, -0.05) is 55.7 Å². The molecule has 1 aromatic carbocycles. The van der Waals surface area contributed by atoms with E-state index in [1.54, 1.807) is 0 Å². The van der Waals surface area contributed by atoms with E-state index < -0.39 is 11.1 Å². The van der Waals surface area contributed by atoms with E-state index in [0.717, 1.165) is 44.9 Å². The van der Waals surface area contributed by atoms with E-state index in [9.17, 15) is 15.3 Å². The first-order chi connectivity index (χ1) is 22.7. The van der Waals surface area contributed by atoms with E-state index in [4.69, 9.17) is 10.5 Å². The summed E-state index contributed by atoms with van der Waals surface area (Å²) in [4.78, 5) is 0. The van der Waals surface area contributed by atoms with Crippen LogP contribution in [-0.2, 0) is 4.74 Å². The zero-order chi connectivity index (χ0) is 32.2. The van der Waals surface area contributed by atoms with Crippen LogP contribution in [0.25, 0.3) is 0 Å². The number of fused-ring (bicyclic) bond motifs is 9. The first-order valence-corrected chi connectivity index (χ1v) is 19.5. The second-order valence-corrected chi connectivity index (χ2v) is 18.1. The largest absolute Gasteiger partial charge is 0.508 e. The lowest BCUT2D eigenvalue weighted by Crippen LogP contribution is -2.84. The molecule has 10 rings (SSSR count). The van der Waals surface area contributed by atoms with E-state index in [2.05, 4.69) is 37.0 Å². The Kier molecular flexibility index (Phi) is 7.35. The third kappa shape index (κ3) is 4.43. The smallest absolute Gasteiger partial charge is 0.115 e. The molecule has 47 heavy (non-hydrogen) atoms. The second-order valence-electron chi connectivity index (χ2n) is 18.1. The standard InChI is InChI=1S/C42H57NO4/c1-39(30-6-4-5-26(19-30)15-18-44)38-28-7-10-31(25-45)42(38,43)37-14-9-27-8-12-34(35-13-11-33(46)21-36(27)35)29-20-32(41(37,23-28)47-39)24-40(22-29)16-2-3-17-40/h8,11-13,21,26-32,34,37-38,44-46H,2-7,10,15-20,22-25,43H2,1H3/t26-,27+,28+,29-,30+,31+,32-,34+,37-,38+,39-,41-,42+/m1/s1. The highest BCUT2D eigenvalue weighted by molar-refractivity contribution is 5.50. The Morgan fingerprint density at radius 1 is 0.894 bits per heavy atom. The summed E-state index contributed by atoms with van der Waals surface area (Å²) in [6, 6.07) is 6.04. The molecular weight excluding hydrogens is 582 g/mol. The summed E-state index contributed by atoms with van der Waals surface area (Å²) in [5.41, 5.74) is 9.56. The van der Waals surface area contributed by atoms with E-state index in [1.165, 1.54) is 62.5 Å². The van der Waals surface area contributed by atoms with Crippen molar-refractivity contribution in [3.63, 3.8) is 0 Å². The first-order valence-electron chi connectivity index (χ1n) is 19.5. The minimum atomic E-state index is -0.618. The molecule has 7 fully saturated rings. The lowest BCUT2D eigenvalue weighted by molar-refractivity contribution is -0.362. The molecule has 8 bridgehead atoms. The molecule has 5 saturated carbocycles.